The van der Waals surface area contributed by atoms with Gasteiger partial charge in [-0.3, -0.25) is 4.79 Å². The van der Waals surface area contributed by atoms with Crippen LogP contribution in [0, 0.1) is 0 Å². The third-order valence-corrected chi connectivity index (χ3v) is 3.29. The largest absolute Gasteiger partial charge is 0.459 e. The molecular formula is C11H13NO4S. The van der Waals surface area contributed by atoms with Crippen molar-refractivity contribution >= 4 is 23.2 Å². The van der Waals surface area contributed by atoms with Gasteiger partial charge in [0.15, 0.2) is 6.10 Å². The minimum atomic E-state index is -0.661. The van der Waals surface area contributed by atoms with Crippen molar-refractivity contribution in [3.63, 3.8) is 0 Å². The lowest BCUT2D eigenvalue weighted by atomic mass is 10.2. The van der Waals surface area contributed by atoms with Gasteiger partial charge >= 0.3 is 5.97 Å². The second-order valence-corrected chi connectivity index (χ2v) is 4.61. The first-order chi connectivity index (χ1) is 8.16. The number of hydrogen-bond acceptors (Lipinski definition) is 5. The molecule has 6 heteroatoms. The highest BCUT2D eigenvalue weighted by atomic mass is 32.1. The van der Waals surface area contributed by atoms with Crippen LogP contribution in [0.4, 0.5) is 0 Å². The second-order valence-electron chi connectivity index (χ2n) is 3.83. The van der Waals surface area contributed by atoms with Gasteiger partial charge in [0.05, 0.1) is 0 Å². The fourth-order valence-corrected chi connectivity index (χ4v) is 2.30. The van der Waals surface area contributed by atoms with Crippen LogP contribution in [0.2, 0.25) is 0 Å². The molecule has 0 aromatic carbocycles. The van der Waals surface area contributed by atoms with Gasteiger partial charge in [0.2, 0.25) is 5.91 Å². The summed E-state index contributed by atoms with van der Waals surface area (Å²) < 4.78 is 10.3. The molecule has 1 fully saturated rings. The molecule has 2 heterocycles. The predicted molar refractivity (Wildman–Crippen MR) is 61.2 cm³/mol. The van der Waals surface area contributed by atoms with Crippen molar-refractivity contribution in [1.82, 2.24) is 0 Å². The third kappa shape index (κ3) is 3.04. The van der Waals surface area contributed by atoms with Crippen LogP contribution in [-0.2, 0) is 25.7 Å². The van der Waals surface area contributed by atoms with E-state index in [-0.39, 0.29) is 6.61 Å². The van der Waals surface area contributed by atoms with Crippen molar-refractivity contribution in [3.8, 4) is 0 Å². The summed E-state index contributed by atoms with van der Waals surface area (Å²) in [4.78, 5) is 22.5. The van der Waals surface area contributed by atoms with Gasteiger partial charge in [0, 0.05) is 5.56 Å². The molecule has 0 unspecified atom stereocenters. The summed E-state index contributed by atoms with van der Waals surface area (Å²) in [5.41, 5.74) is 6.05. The lowest BCUT2D eigenvalue weighted by Crippen LogP contribution is -2.31. The zero-order valence-corrected chi connectivity index (χ0v) is 9.94. The Morgan fingerprint density at radius 2 is 2.24 bits per heavy atom. The average molecular weight is 255 g/mol. The van der Waals surface area contributed by atoms with Gasteiger partial charge in [-0.1, -0.05) is 0 Å². The summed E-state index contributed by atoms with van der Waals surface area (Å²) in [5, 5.41) is 3.83. The number of rotatable bonds is 4. The van der Waals surface area contributed by atoms with Gasteiger partial charge in [0.25, 0.3) is 0 Å². The lowest BCUT2D eigenvalue weighted by Gasteiger charge is -2.10. The van der Waals surface area contributed by atoms with Gasteiger partial charge in [-0.2, -0.15) is 11.3 Å². The van der Waals surface area contributed by atoms with Crippen LogP contribution in [0.3, 0.4) is 0 Å². The van der Waals surface area contributed by atoms with E-state index in [1.54, 1.807) is 11.3 Å². The normalized spacial score (nSPS) is 23.5. The van der Waals surface area contributed by atoms with E-state index in [9.17, 15) is 9.59 Å². The fraction of sp³-hybridized carbons (Fsp3) is 0.455. The van der Waals surface area contributed by atoms with Gasteiger partial charge < -0.3 is 15.2 Å². The molecule has 92 valence electrons. The first kappa shape index (κ1) is 12.1. The average Bonchev–Trinajstić information content (AvgIpc) is 2.96. The second kappa shape index (κ2) is 5.29. The van der Waals surface area contributed by atoms with E-state index in [4.69, 9.17) is 15.2 Å². The molecule has 17 heavy (non-hydrogen) atoms. The molecule has 0 bridgehead atoms. The number of carbonyl (C=O) groups is 2. The van der Waals surface area contributed by atoms with Crippen LogP contribution >= 0.6 is 11.3 Å². The summed E-state index contributed by atoms with van der Waals surface area (Å²) in [6.45, 7) is 0.240. The van der Waals surface area contributed by atoms with E-state index in [1.165, 1.54) is 0 Å². The Kier molecular flexibility index (Phi) is 3.75. The smallest absolute Gasteiger partial charge is 0.335 e. The molecule has 0 spiro atoms. The molecule has 2 atom stereocenters. The maximum Gasteiger partial charge on any atom is 0.335 e. The molecule has 1 aliphatic heterocycles. The Labute approximate surface area is 103 Å². The van der Waals surface area contributed by atoms with Crippen LogP contribution in [-0.4, -0.2) is 24.1 Å². The van der Waals surface area contributed by atoms with Gasteiger partial charge in [0.1, 0.15) is 12.7 Å². The van der Waals surface area contributed by atoms with Crippen LogP contribution in [0.1, 0.15) is 18.4 Å². The Hall–Kier alpha value is -1.40. The summed E-state index contributed by atoms with van der Waals surface area (Å²) in [7, 11) is 0. The molecule has 0 aliphatic carbocycles. The van der Waals surface area contributed by atoms with Gasteiger partial charge in [-0.15, -0.1) is 0 Å². The number of nitrogens with two attached hydrogens (primary N) is 1. The van der Waals surface area contributed by atoms with Crippen LogP contribution in [0.5, 0.6) is 0 Å². The van der Waals surface area contributed by atoms with Crippen molar-refractivity contribution in [2.24, 2.45) is 5.73 Å². The van der Waals surface area contributed by atoms with Crippen molar-refractivity contribution in [3.05, 3.63) is 22.4 Å². The molecule has 0 saturated carbocycles. The molecule has 2 rings (SSSR count). The van der Waals surface area contributed by atoms with Crippen LogP contribution in [0.15, 0.2) is 16.8 Å². The SMILES string of the molecule is NC(=O)[C@@H]1CC[C@@H](C(=O)OCc2ccsc2)O1. The van der Waals surface area contributed by atoms with E-state index in [0.29, 0.717) is 12.8 Å². The molecule has 1 amide bonds. The lowest BCUT2D eigenvalue weighted by molar-refractivity contribution is -0.158. The van der Waals surface area contributed by atoms with Crippen LogP contribution < -0.4 is 5.73 Å². The van der Waals surface area contributed by atoms with Gasteiger partial charge in [-0.25, -0.2) is 4.79 Å². The number of esters is 1. The minimum Gasteiger partial charge on any atom is -0.459 e. The van der Waals surface area contributed by atoms with Crippen molar-refractivity contribution < 1.29 is 19.1 Å². The maximum absolute atomic E-state index is 11.6. The predicted octanol–water partition coefficient (Wildman–Crippen LogP) is 0.824. The summed E-state index contributed by atoms with van der Waals surface area (Å²) in [5.74, 6) is -0.960. The Morgan fingerprint density at radius 1 is 1.47 bits per heavy atom. The number of amides is 1. The molecule has 1 aromatic heterocycles. The van der Waals surface area contributed by atoms with Crippen molar-refractivity contribution in [1.29, 1.82) is 0 Å². The molecule has 0 radical (unpaired) electrons. The maximum atomic E-state index is 11.6. The van der Waals surface area contributed by atoms with E-state index in [2.05, 4.69) is 0 Å². The van der Waals surface area contributed by atoms with Gasteiger partial charge in [-0.05, 0) is 29.7 Å². The third-order valence-electron chi connectivity index (χ3n) is 2.56. The fourth-order valence-electron chi connectivity index (χ4n) is 1.64. The molecule has 5 nitrogen and oxygen atoms in total. The Balaban J connectivity index is 1.79. The number of ether oxygens (including phenoxy) is 2. The van der Waals surface area contributed by atoms with Crippen LogP contribution in [0.25, 0.3) is 0 Å². The number of carbonyl (C=O) groups excluding carboxylic acids is 2. The standard InChI is InChI=1S/C11H13NO4S/c12-10(13)8-1-2-9(16-8)11(14)15-5-7-3-4-17-6-7/h3-4,6,8-9H,1-2,5H2,(H2,12,13)/t8-,9-/m0/s1. The first-order valence-electron chi connectivity index (χ1n) is 5.29. The Morgan fingerprint density at radius 3 is 2.82 bits per heavy atom. The zero-order valence-electron chi connectivity index (χ0n) is 9.13. The number of hydrogen-bond donors (Lipinski definition) is 1. The van der Waals surface area contributed by atoms with E-state index < -0.39 is 24.1 Å². The van der Waals surface area contributed by atoms with E-state index in [0.717, 1.165) is 5.56 Å². The van der Waals surface area contributed by atoms with Crippen molar-refractivity contribution in [2.45, 2.75) is 31.7 Å². The highest BCUT2D eigenvalue weighted by Crippen LogP contribution is 2.21. The molecule has 1 saturated heterocycles. The molecule has 2 N–H and O–H groups in total. The highest BCUT2D eigenvalue weighted by molar-refractivity contribution is 7.07. The molecule has 1 aliphatic rings. The first-order valence-corrected chi connectivity index (χ1v) is 6.23. The van der Waals surface area contributed by atoms with E-state index in [1.807, 2.05) is 16.8 Å². The summed E-state index contributed by atoms with van der Waals surface area (Å²) in [6.07, 6.45) is -0.358. The quantitative estimate of drug-likeness (QED) is 0.808. The molecule has 1 aromatic rings. The Bertz CT molecular complexity index is 404. The summed E-state index contributed by atoms with van der Waals surface area (Å²) >= 11 is 1.54. The topological polar surface area (TPSA) is 78.6 Å². The monoisotopic (exact) mass is 255 g/mol. The number of primary amides is 1. The summed E-state index contributed by atoms with van der Waals surface area (Å²) in [6, 6.07) is 1.89. The van der Waals surface area contributed by atoms with Crippen molar-refractivity contribution in [2.75, 3.05) is 0 Å². The molecular weight excluding hydrogens is 242 g/mol. The van der Waals surface area contributed by atoms with E-state index >= 15 is 0 Å². The number of thiophene rings is 1. The highest BCUT2D eigenvalue weighted by Gasteiger charge is 2.34. The minimum absolute atomic E-state index is 0.240. The zero-order chi connectivity index (χ0) is 12.3.